The summed E-state index contributed by atoms with van der Waals surface area (Å²) in [6, 6.07) is 10.4. The Morgan fingerprint density at radius 1 is 1.14 bits per heavy atom. The normalized spacial score (nSPS) is 10.4. The number of thioether (sulfide) groups is 1. The van der Waals surface area contributed by atoms with Crippen molar-refractivity contribution in [3.63, 3.8) is 0 Å². The van der Waals surface area contributed by atoms with Crippen molar-refractivity contribution in [2.45, 2.75) is 11.4 Å². The molecule has 1 N–H and O–H groups in total. The van der Waals surface area contributed by atoms with Crippen molar-refractivity contribution in [3.05, 3.63) is 64.7 Å². The van der Waals surface area contributed by atoms with Gasteiger partial charge in [0.15, 0.2) is 0 Å². The van der Waals surface area contributed by atoms with E-state index in [1.807, 2.05) is 12.1 Å². The predicted molar refractivity (Wildman–Crippen MR) is 80.4 cm³/mol. The molecule has 2 rings (SSSR count). The molecule has 0 spiro atoms. The summed E-state index contributed by atoms with van der Waals surface area (Å²) in [5.74, 6) is -1.45. The Labute approximate surface area is 130 Å². The Kier molecular flexibility index (Phi) is 5.59. The number of carbonyl (C=O) groups is 1. The van der Waals surface area contributed by atoms with E-state index >= 15 is 0 Å². The van der Waals surface area contributed by atoms with Crippen LogP contribution in [0.15, 0.2) is 47.4 Å². The number of benzene rings is 2. The maximum atomic E-state index is 13.4. The van der Waals surface area contributed by atoms with Crippen LogP contribution in [0.4, 0.5) is 8.78 Å². The third kappa shape index (κ3) is 5.02. The van der Waals surface area contributed by atoms with Crippen molar-refractivity contribution in [2.24, 2.45) is 0 Å². The first-order valence-corrected chi connectivity index (χ1v) is 7.50. The number of hydrogen-bond donors (Lipinski definition) is 1. The van der Waals surface area contributed by atoms with E-state index in [4.69, 9.17) is 11.6 Å². The molecule has 0 aromatic heterocycles. The van der Waals surface area contributed by atoms with E-state index in [9.17, 15) is 13.6 Å². The molecule has 110 valence electrons. The standard InChI is InChI=1S/C15H12ClF2NOS/c16-11-3-1-10(2-4-11)8-19-15(20)9-21-14-6-5-12(17)7-13(14)18/h1-7H,8-9H2,(H,19,20). The molecule has 0 bridgehead atoms. The molecular formula is C15H12ClF2NOS. The SMILES string of the molecule is O=C(CSc1ccc(F)cc1F)NCc1ccc(Cl)cc1. The topological polar surface area (TPSA) is 29.1 Å². The summed E-state index contributed by atoms with van der Waals surface area (Å²) in [4.78, 5) is 11.9. The molecule has 0 saturated carbocycles. The van der Waals surface area contributed by atoms with Crippen molar-refractivity contribution in [1.29, 1.82) is 0 Å². The van der Waals surface area contributed by atoms with Crippen LogP contribution in [0, 0.1) is 11.6 Å². The lowest BCUT2D eigenvalue weighted by atomic mass is 10.2. The molecule has 0 fully saturated rings. The smallest absolute Gasteiger partial charge is 0.230 e. The minimum atomic E-state index is -0.662. The summed E-state index contributed by atoms with van der Waals surface area (Å²) in [5, 5.41) is 3.35. The molecule has 21 heavy (non-hydrogen) atoms. The van der Waals surface area contributed by atoms with Crippen LogP contribution in [-0.4, -0.2) is 11.7 Å². The van der Waals surface area contributed by atoms with E-state index in [-0.39, 0.29) is 16.6 Å². The van der Waals surface area contributed by atoms with E-state index in [0.29, 0.717) is 11.6 Å². The molecule has 0 atom stereocenters. The molecule has 2 aromatic carbocycles. The molecule has 0 unspecified atom stereocenters. The van der Waals surface area contributed by atoms with Gasteiger partial charge in [-0.3, -0.25) is 4.79 Å². The molecule has 1 amide bonds. The number of rotatable bonds is 5. The lowest BCUT2D eigenvalue weighted by Crippen LogP contribution is -2.24. The van der Waals surface area contributed by atoms with Crippen molar-refractivity contribution < 1.29 is 13.6 Å². The number of nitrogens with one attached hydrogen (secondary N) is 1. The summed E-state index contributed by atoms with van der Waals surface area (Å²) >= 11 is 6.79. The van der Waals surface area contributed by atoms with E-state index in [1.54, 1.807) is 12.1 Å². The zero-order chi connectivity index (χ0) is 15.2. The van der Waals surface area contributed by atoms with Crippen LogP contribution in [0.25, 0.3) is 0 Å². The highest BCUT2D eigenvalue weighted by Gasteiger charge is 2.07. The highest BCUT2D eigenvalue weighted by atomic mass is 35.5. The van der Waals surface area contributed by atoms with Gasteiger partial charge in [-0.05, 0) is 29.8 Å². The summed E-state index contributed by atoms with van der Waals surface area (Å²) in [6.07, 6.45) is 0. The lowest BCUT2D eigenvalue weighted by Gasteiger charge is -2.06. The number of halogens is 3. The number of carbonyl (C=O) groups excluding carboxylic acids is 1. The molecular weight excluding hydrogens is 316 g/mol. The first-order chi connectivity index (χ1) is 10.0. The molecule has 6 heteroatoms. The van der Waals surface area contributed by atoms with Crippen LogP contribution < -0.4 is 5.32 Å². The zero-order valence-electron chi connectivity index (χ0n) is 10.9. The first-order valence-electron chi connectivity index (χ1n) is 6.13. The zero-order valence-corrected chi connectivity index (χ0v) is 12.5. The Balaban J connectivity index is 1.80. The number of amides is 1. The fraction of sp³-hybridized carbons (Fsp3) is 0.133. The molecule has 0 aliphatic heterocycles. The van der Waals surface area contributed by atoms with Gasteiger partial charge >= 0.3 is 0 Å². The summed E-state index contributed by atoms with van der Waals surface area (Å²) in [7, 11) is 0. The molecule has 0 aliphatic carbocycles. The molecule has 0 heterocycles. The molecule has 0 radical (unpaired) electrons. The van der Waals surface area contributed by atoms with Gasteiger partial charge in [0.05, 0.1) is 5.75 Å². The highest BCUT2D eigenvalue weighted by molar-refractivity contribution is 8.00. The molecule has 0 aliphatic rings. The summed E-state index contributed by atoms with van der Waals surface area (Å²) in [6.45, 7) is 0.377. The maximum absolute atomic E-state index is 13.4. The largest absolute Gasteiger partial charge is 0.351 e. The molecule has 2 aromatic rings. The van der Waals surface area contributed by atoms with E-state index in [0.717, 1.165) is 29.5 Å². The van der Waals surface area contributed by atoms with Gasteiger partial charge in [0.25, 0.3) is 0 Å². The van der Waals surface area contributed by atoms with Crippen molar-refractivity contribution >= 4 is 29.3 Å². The van der Waals surface area contributed by atoms with Gasteiger partial charge in [0.2, 0.25) is 5.91 Å². The fourth-order valence-electron chi connectivity index (χ4n) is 1.59. The van der Waals surface area contributed by atoms with Crippen LogP contribution >= 0.6 is 23.4 Å². The highest BCUT2D eigenvalue weighted by Crippen LogP contribution is 2.22. The monoisotopic (exact) mass is 327 g/mol. The Hall–Kier alpha value is -1.59. The summed E-state index contributed by atoms with van der Waals surface area (Å²) in [5.41, 5.74) is 0.922. The maximum Gasteiger partial charge on any atom is 0.230 e. The first kappa shape index (κ1) is 15.8. The van der Waals surface area contributed by atoms with Gasteiger partial charge in [-0.25, -0.2) is 8.78 Å². The molecule has 2 nitrogen and oxygen atoms in total. The van der Waals surface area contributed by atoms with Crippen molar-refractivity contribution in [1.82, 2.24) is 5.32 Å². The van der Waals surface area contributed by atoms with Crippen LogP contribution in [0.5, 0.6) is 0 Å². The second-order valence-electron chi connectivity index (χ2n) is 4.27. The predicted octanol–water partition coefficient (Wildman–Crippen LogP) is 4.03. The van der Waals surface area contributed by atoms with Crippen LogP contribution in [0.3, 0.4) is 0 Å². The fourth-order valence-corrected chi connectivity index (χ4v) is 2.47. The number of hydrogen-bond acceptors (Lipinski definition) is 2. The lowest BCUT2D eigenvalue weighted by molar-refractivity contribution is -0.118. The van der Waals surface area contributed by atoms with Gasteiger partial charge in [0.1, 0.15) is 11.6 Å². The van der Waals surface area contributed by atoms with Crippen LogP contribution in [-0.2, 0) is 11.3 Å². The van der Waals surface area contributed by atoms with E-state index in [2.05, 4.69) is 5.32 Å². The average molecular weight is 328 g/mol. The minimum absolute atomic E-state index is 0.0656. The van der Waals surface area contributed by atoms with Gasteiger partial charge in [-0.1, -0.05) is 23.7 Å². The van der Waals surface area contributed by atoms with Gasteiger partial charge in [-0.2, -0.15) is 0 Å². The van der Waals surface area contributed by atoms with Crippen LogP contribution in [0.2, 0.25) is 5.02 Å². The van der Waals surface area contributed by atoms with Crippen LogP contribution in [0.1, 0.15) is 5.56 Å². The summed E-state index contributed by atoms with van der Waals surface area (Å²) < 4.78 is 26.1. The minimum Gasteiger partial charge on any atom is -0.351 e. The molecule has 0 saturated heterocycles. The quantitative estimate of drug-likeness (QED) is 0.840. The van der Waals surface area contributed by atoms with Gasteiger partial charge in [0, 0.05) is 22.5 Å². The van der Waals surface area contributed by atoms with E-state index in [1.165, 1.54) is 6.07 Å². The van der Waals surface area contributed by atoms with Gasteiger partial charge < -0.3 is 5.32 Å². The third-order valence-electron chi connectivity index (χ3n) is 2.66. The van der Waals surface area contributed by atoms with Gasteiger partial charge in [-0.15, -0.1) is 11.8 Å². The Morgan fingerprint density at radius 3 is 2.52 bits per heavy atom. The third-order valence-corrected chi connectivity index (χ3v) is 3.96. The van der Waals surface area contributed by atoms with Crippen molar-refractivity contribution in [3.8, 4) is 0 Å². The Morgan fingerprint density at radius 2 is 1.86 bits per heavy atom. The van der Waals surface area contributed by atoms with E-state index < -0.39 is 11.6 Å². The van der Waals surface area contributed by atoms with Crippen molar-refractivity contribution in [2.75, 3.05) is 5.75 Å². The second kappa shape index (κ2) is 7.43. The second-order valence-corrected chi connectivity index (χ2v) is 5.72. The Bertz CT molecular complexity index is 634. The average Bonchev–Trinajstić information content (AvgIpc) is 2.46.